The van der Waals surface area contributed by atoms with Gasteiger partial charge in [0.05, 0.1) is 0 Å². The fraction of sp³-hybridized carbons (Fsp3) is 0.588. The molecule has 3 rings (SSSR count). The average molecular weight is 345 g/mol. The van der Waals surface area contributed by atoms with Gasteiger partial charge in [0.1, 0.15) is 11.6 Å². The van der Waals surface area contributed by atoms with E-state index in [1.165, 1.54) is 6.07 Å². The van der Waals surface area contributed by atoms with Gasteiger partial charge in [-0.15, -0.1) is 12.4 Å². The maximum atomic E-state index is 13.7. The van der Waals surface area contributed by atoms with E-state index in [0.29, 0.717) is 18.5 Å². The molecule has 128 valence electrons. The first-order chi connectivity index (χ1) is 10.5. The molecule has 1 amide bonds. The maximum Gasteiger partial charge on any atom is 0.223 e. The third-order valence-corrected chi connectivity index (χ3v) is 4.98. The summed E-state index contributed by atoms with van der Waals surface area (Å²) < 4.78 is 27.0. The number of halogens is 3. The van der Waals surface area contributed by atoms with Gasteiger partial charge in [0.25, 0.3) is 0 Å². The standard InChI is InChI=1S/C17H22F2N2O.ClH/c1-17(4-6-20-7-5-17)10-21-16(22)14-9-12(14)13-8-11(18)2-3-15(13)19;/h2-3,8,12,14,20H,4-7,9-10H2,1H3,(H,21,22);1H. The largest absolute Gasteiger partial charge is 0.355 e. The number of carbonyl (C=O) groups excluding carboxylic acids is 1. The van der Waals surface area contributed by atoms with E-state index in [0.717, 1.165) is 38.1 Å². The Morgan fingerprint density at radius 3 is 2.74 bits per heavy atom. The molecule has 0 aromatic heterocycles. The molecular weight excluding hydrogens is 322 g/mol. The highest BCUT2D eigenvalue weighted by Crippen LogP contribution is 2.48. The first-order valence-corrected chi connectivity index (χ1v) is 7.92. The molecule has 0 radical (unpaired) electrons. The van der Waals surface area contributed by atoms with Gasteiger partial charge in [0, 0.05) is 12.5 Å². The van der Waals surface area contributed by atoms with Crippen molar-refractivity contribution in [1.82, 2.24) is 10.6 Å². The first kappa shape index (κ1) is 18.1. The second-order valence-corrected chi connectivity index (χ2v) is 6.89. The Hall–Kier alpha value is -1.20. The first-order valence-electron chi connectivity index (χ1n) is 7.92. The molecule has 2 unspecified atom stereocenters. The van der Waals surface area contributed by atoms with E-state index < -0.39 is 11.6 Å². The van der Waals surface area contributed by atoms with Crippen LogP contribution in [0.25, 0.3) is 0 Å². The lowest BCUT2D eigenvalue weighted by Gasteiger charge is -2.34. The molecule has 6 heteroatoms. The van der Waals surface area contributed by atoms with E-state index in [1.54, 1.807) is 0 Å². The van der Waals surface area contributed by atoms with Crippen molar-refractivity contribution < 1.29 is 13.6 Å². The van der Waals surface area contributed by atoms with Gasteiger partial charge in [-0.25, -0.2) is 8.78 Å². The molecule has 2 atom stereocenters. The molecular formula is C17H23ClF2N2O. The average Bonchev–Trinajstić information content (AvgIpc) is 3.29. The van der Waals surface area contributed by atoms with Crippen LogP contribution >= 0.6 is 12.4 Å². The Morgan fingerprint density at radius 1 is 1.35 bits per heavy atom. The molecule has 1 aliphatic carbocycles. The van der Waals surface area contributed by atoms with Gasteiger partial charge < -0.3 is 10.6 Å². The Labute approximate surface area is 141 Å². The fourth-order valence-corrected chi connectivity index (χ4v) is 3.27. The number of rotatable bonds is 4. The van der Waals surface area contributed by atoms with Crippen molar-refractivity contribution in [3.8, 4) is 0 Å². The van der Waals surface area contributed by atoms with Crippen molar-refractivity contribution in [2.75, 3.05) is 19.6 Å². The van der Waals surface area contributed by atoms with Gasteiger partial charge in [-0.05, 0) is 67.4 Å². The second kappa shape index (κ2) is 7.14. The Bertz CT molecular complexity index is 576. The van der Waals surface area contributed by atoms with Crippen LogP contribution < -0.4 is 10.6 Å². The van der Waals surface area contributed by atoms with Gasteiger partial charge >= 0.3 is 0 Å². The smallest absolute Gasteiger partial charge is 0.223 e. The third kappa shape index (κ3) is 4.21. The Morgan fingerprint density at radius 2 is 2.04 bits per heavy atom. The highest BCUT2D eigenvalue weighted by Gasteiger charge is 2.45. The number of hydrogen-bond acceptors (Lipinski definition) is 2. The van der Waals surface area contributed by atoms with Crippen molar-refractivity contribution in [1.29, 1.82) is 0 Å². The summed E-state index contributed by atoms with van der Waals surface area (Å²) in [6.45, 7) is 4.80. The molecule has 2 N–H and O–H groups in total. The van der Waals surface area contributed by atoms with Crippen molar-refractivity contribution in [2.45, 2.75) is 32.1 Å². The van der Waals surface area contributed by atoms with Crippen LogP contribution in [0.1, 0.15) is 37.7 Å². The summed E-state index contributed by atoms with van der Waals surface area (Å²) in [6.07, 6.45) is 2.68. The molecule has 0 bridgehead atoms. The molecule has 1 saturated heterocycles. The number of piperidine rings is 1. The molecule has 1 saturated carbocycles. The molecule has 1 heterocycles. The molecule has 1 aromatic rings. The number of benzene rings is 1. The summed E-state index contributed by atoms with van der Waals surface area (Å²) in [5, 5.41) is 6.32. The van der Waals surface area contributed by atoms with Crippen LogP contribution in [0.5, 0.6) is 0 Å². The van der Waals surface area contributed by atoms with Gasteiger partial charge in [0.2, 0.25) is 5.91 Å². The van der Waals surface area contributed by atoms with E-state index >= 15 is 0 Å². The van der Waals surface area contributed by atoms with E-state index in [4.69, 9.17) is 0 Å². The van der Waals surface area contributed by atoms with E-state index in [9.17, 15) is 13.6 Å². The van der Waals surface area contributed by atoms with Crippen LogP contribution in [-0.4, -0.2) is 25.5 Å². The number of hydrogen-bond donors (Lipinski definition) is 2. The summed E-state index contributed by atoms with van der Waals surface area (Å²) in [4.78, 5) is 12.2. The molecule has 23 heavy (non-hydrogen) atoms. The summed E-state index contributed by atoms with van der Waals surface area (Å²) in [7, 11) is 0. The maximum absolute atomic E-state index is 13.7. The molecule has 1 aliphatic heterocycles. The van der Waals surface area contributed by atoms with E-state index in [2.05, 4.69) is 17.6 Å². The highest BCUT2D eigenvalue weighted by molar-refractivity contribution is 5.85. The van der Waals surface area contributed by atoms with Crippen LogP contribution in [0.3, 0.4) is 0 Å². The Kier molecular flexibility index (Phi) is 5.63. The van der Waals surface area contributed by atoms with E-state index in [-0.39, 0.29) is 35.6 Å². The fourth-order valence-electron chi connectivity index (χ4n) is 3.27. The molecule has 3 nitrogen and oxygen atoms in total. The zero-order chi connectivity index (χ0) is 15.7. The topological polar surface area (TPSA) is 41.1 Å². The zero-order valence-electron chi connectivity index (χ0n) is 13.2. The second-order valence-electron chi connectivity index (χ2n) is 6.89. The van der Waals surface area contributed by atoms with Crippen molar-refractivity contribution >= 4 is 18.3 Å². The Balaban J connectivity index is 0.00000192. The molecule has 2 fully saturated rings. The van der Waals surface area contributed by atoms with Crippen LogP contribution in [0.2, 0.25) is 0 Å². The lowest BCUT2D eigenvalue weighted by atomic mass is 9.81. The van der Waals surface area contributed by atoms with E-state index in [1.807, 2.05) is 0 Å². The SMILES string of the molecule is CC1(CNC(=O)C2CC2c2cc(F)ccc2F)CCNCC1.Cl. The minimum absolute atomic E-state index is 0. The van der Waals surface area contributed by atoms with Crippen LogP contribution in [0.4, 0.5) is 8.78 Å². The predicted octanol–water partition coefficient (Wildman–Crippen LogP) is 3.00. The molecule has 0 spiro atoms. The highest BCUT2D eigenvalue weighted by atomic mass is 35.5. The quantitative estimate of drug-likeness (QED) is 0.881. The summed E-state index contributed by atoms with van der Waals surface area (Å²) in [5.74, 6) is -1.32. The van der Waals surface area contributed by atoms with Crippen LogP contribution in [0, 0.1) is 23.0 Å². The lowest BCUT2D eigenvalue weighted by Crippen LogP contribution is -2.43. The predicted molar refractivity (Wildman–Crippen MR) is 87.7 cm³/mol. The number of amides is 1. The van der Waals surface area contributed by atoms with Crippen molar-refractivity contribution in [3.63, 3.8) is 0 Å². The number of carbonyl (C=O) groups is 1. The van der Waals surface area contributed by atoms with Gasteiger partial charge in [-0.1, -0.05) is 6.92 Å². The van der Waals surface area contributed by atoms with Crippen LogP contribution in [-0.2, 0) is 4.79 Å². The normalized spacial score (nSPS) is 25.3. The summed E-state index contributed by atoms with van der Waals surface area (Å²) in [5.41, 5.74) is 0.461. The summed E-state index contributed by atoms with van der Waals surface area (Å²) in [6, 6.07) is 3.45. The lowest BCUT2D eigenvalue weighted by molar-refractivity contribution is -0.123. The van der Waals surface area contributed by atoms with Crippen molar-refractivity contribution in [2.24, 2.45) is 11.3 Å². The molecule has 2 aliphatic rings. The summed E-state index contributed by atoms with van der Waals surface area (Å²) >= 11 is 0. The monoisotopic (exact) mass is 344 g/mol. The van der Waals surface area contributed by atoms with Gasteiger partial charge in [-0.3, -0.25) is 4.79 Å². The van der Waals surface area contributed by atoms with Gasteiger partial charge in [0.15, 0.2) is 0 Å². The minimum atomic E-state index is -0.454. The van der Waals surface area contributed by atoms with Crippen molar-refractivity contribution in [3.05, 3.63) is 35.4 Å². The minimum Gasteiger partial charge on any atom is -0.355 e. The van der Waals surface area contributed by atoms with Crippen LogP contribution in [0.15, 0.2) is 18.2 Å². The number of nitrogens with one attached hydrogen (secondary N) is 2. The zero-order valence-corrected chi connectivity index (χ0v) is 14.0. The van der Waals surface area contributed by atoms with Gasteiger partial charge in [-0.2, -0.15) is 0 Å². The third-order valence-electron chi connectivity index (χ3n) is 4.98. The molecule has 1 aromatic carbocycles.